The normalized spacial score (nSPS) is 13.8. The highest BCUT2D eigenvalue weighted by Gasteiger charge is 2.25. The zero-order valence-corrected chi connectivity index (χ0v) is 24.0. The summed E-state index contributed by atoms with van der Waals surface area (Å²) in [5.74, 6) is 1.93. The van der Waals surface area contributed by atoms with Gasteiger partial charge in [-0.15, -0.1) is 11.3 Å². The summed E-state index contributed by atoms with van der Waals surface area (Å²) >= 11 is 6.33. The molecule has 3 heterocycles. The number of nitrogens with one attached hydrogen (secondary N) is 1. The average Bonchev–Trinajstić information content (AvgIpc) is 3.40. The van der Waals surface area contributed by atoms with E-state index < -0.39 is 6.09 Å². The molecule has 2 aromatic heterocycles. The molecule has 0 unspecified atom stereocenters. The van der Waals surface area contributed by atoms with Crippen molar-refractivity contribution in [2.75, 3.05) is 25.5 Å². The lowest BCUT2D eigenvalue weighted by atomic mass is 9.94. The van der Waals surface area contributed by atoms with E-state index in [0.717, 1.165) is 34.1 Å². The van der Waals surface area contributed by atoms with Gasteiger partial charge in [-0.1, -0.05) is 17.8 Å². The van der Waals surface area contributed by atoms with E-state index in [9.17, 15) is 14.3 Å². The van der Waals surface area contributed by atoms with Gasteiger partial charge >= 0.3 is 6.09 Å². The highest BCUT2D eigenvalue weighted by Crippen LogP contribution is 2.39. The van der Waals surface area contributed by atoms with Gasteiger partial charge in [0.15, 0.2) is 16.7 Å². The minimum atomic E-state index is -0.881. The van der Waals surface area contributed by atoms with Crippen molar-refractivity contribution in [2.24, 2.45) is 0 Å². The van der Waals surface area contributed by atoms with Gasteiger partial charge in [-0.25, -0.2) is 19.2 Å². The lowest BCUT2D eigenvalue weighted by Gasteiger charge is -2.28. The molecule has 12 heteroatoms. The minimum absolute atomic E-state index is 0.202. The number of rotatable bonds is 8. The molecule has 1 amide bonds. The number of anilines is 2. The van der Waals surface area contributed by atoms with Crippen molar-refractivity contribution >= 4 is 56.1 Å². The SMILES string of the molecule is COc1cccc(Sc2cnc(Nc3nc(C4CCN(C(=O)O)CC4)cs3)c(Oc3ccc(F)cc3Br)c2)c1. The number of hydrogen-bond acceptors (Lipinski definition) is 8. The summed E-state index contributed by atoms with van der Waals surface area (Å²) in [5.41, 5.74) is 0.932. The topological polar surface area (TPSA) is 96.8 Å². The number of aromatic nitrogens is 2. The molecule has 0 atom stereocenters. The van der Waals surface area contributed by atoms with Gasteiger partial charge in [0.2, 0.25) is 0 Å². The van der Waals surface area contributed by atoms with Gasteiger partial charge in [0, 0.05) is 46.4 Å². The molecule has 1 fully saturated rings. The van der Waals surface area contributed by atoms with Crippen molar-refractivity contribution in [1.82, 2.24) is 14.9 Å². The van der Waals surface area contributed by atoms with Crippen LogP contribution in [0, 0.1) is 5.82 Å². The fraction of sp³-hybridized carbons (Fsp3) is 0.222. The molecular formula is C27H24BrFN4O4S2. The van der Waals surface area contributed by atoms with Crippen LogP contribution in [-0.2, 0) is 0 Å². The number of thiazole rings is 1. The molecule has 8 nitrogen and oxygen atoms in total. The third-order valence-electron chi connectivity index (χ3n) is 6.15. The van der Waals surface area contributed by atoms with Crippen molar-refractivity contribution in [3.63, 3.8) is 0 Å². The smallest absolute Gasteiger partial charge is 0.407 e. The zero-order valence-electron chi connectivity index (χ0n) is 20.8. The number of halogens is 2. The molecule has 1 aliphatic rings. The lowest BCUT2D eigenvalue weighted by molar-refractivity contribution is 0.132. The van der Waals surface area contributed by atoms with Crippen LogP contribution >= 0.6 is 39.0 Å². The molecule has 5 rings (SSSR count). The van der Waals surface area contributed by atoms with Crippen LogP contribution in [-0.4, -0.2) is 46.3 Å². The monoisotopic (exact) mass is 630 g/mol. The largest absolute Gasteiger partial charge is 0.497 e. The molecule has 0 aliphatic carbocycles. The molecule has 2 aromatic carbocycles. The number of amides is 1. The number of benzene rings is 2. The van der Waals surface area contributed by atoms with Crippen LogP contribution in [0.1, 0.15) is 24.5 Å². The van der Waals surface area contributed by atoms with Gasteiger partial charge in [0.05, 0.1) is 17.3 Å². The molecule has 1 saturated heterocycles. The van der Waals surface area contributed by atoms with Crippen molar-refractivity contribution < 1.29 is 23.8 Å². The number of likely N-dealkylation sites (tertiary alicyclic amines) is 1. The maximum Gasteiger partial charge on any atom is 0.407 e. The van der Waals surface area contributed by atoms with E-state index in [4.69, 9.17) is 14.5 Å². The molecule has 0 radical (unpaired) electrons. The van der Waals surface area contributed by atoms with Gasteiger partial charge in [-0.05, 0) is 65.2 Å². The van der Waals surface area contributed by atoms with E-state index in [1.165, 1.54) is 40.1 Å². The Balaban J connectivity index is 1.38. The summed E-state index contributed by atoms with van der Waals surface area (Å²) in [6, 6.07) is 13.8. The summed E-state index contributed by atoms with van der Waals surface area (Å²) in [4.78, 5) is 23.8. The summed E-state index contributed by atoms with van der Waals surface area (Å²) in [6.07, 6.45) is 2.33. The van der Waals surface area contributed by atoms with E-state index in [-0.39, 0.29) is 11.7 Å². The van der Waals surface area contributed by atoms with Gasteiger partial charge in [0.1, 0.15) is 17.3 Å². The second kappa shape index (κ2) is 12.2. The lowest BCUT2D eigenvalue weighted by Crippen LogP contribution is -2.36. The molecule has 0 spiro atoms. The highest BCUT2D eigenvalue weighted by molar-refractivity contribution is 9.10. The Bertz CT molecular complexity index is 1480. The van der Waals surface area contributed by atoms with Crippen LogP contribution in [0.25, 0.3) is 0 Å². The number of nitrogens with zero attached hydrogens (tertiary/aromatic N) is 3. The van der Waals surface area contributed by atoms with Gasteiger partial charge in [0.25, 0.3) is 0 Å². The second-order valence-electron chi connectivity index (χ2n) is 8.72. The maximum absolute atomic E-state index is 13.7. The first kappa shape index (κ1) is 27.2. The Kier molecular flexibility index (Phi) is 8.53. The quantitative estimate of drug-likeness (QED) is 0.202. The molecule has 2 N–H and O–H groups in total. The fourth-order valence-corrected chi connectivity index (χ4v) is 6.22. The van der Waals surface area contributed by atoms with Crippen molar-refractivity contribution in [1.29, 1.82) is 0 Å². The van der Waals surface area contributed by atoms with Crippen LogP contribution in [0.2, 0.25) is 0 Å². The average molecular weight is 632 g/mol. The van der Waals surface area contributed by atoms with Crippen LogP contribution in [0.15, 0.2) is 74.4 Å². The second-order valence-corrected chi connectivity index (χ2v) is 11.6. The summed E-state index contributed by atoms with van der Waals surface area (Å²) in [6.45, 7) is 0.998. The third kappa shape index (κ3) is 6.81. The predicted octanol–water partition coefficient (Wildman–Crippen LogP) is 7.99. The maximum atomic E-state index is 13.7. The number of piperidine rings is 1. The van der Waals surface area contributed by atoms with E-state index in [2.05, 4.69) is 26.2 Å². The van der Waals surface area contributed by atoms with Gasteiger partial charge < -0.3 is 24.8 Å². The Morgan fingerprint density at radius 2 is 2.00 bits per heavy atom. The van der Waals surface area contributed by atoms with E-state index in [1.54, 1.807) is 19.4 Å². The van der Waals surface area contributed by atoms with Gasteiger partial charge in [-0.3, -0.25) is 0 Å². The number of methoxy groups -OCH3 is 1. The summed E-state index contributed by atoms with van der Waals surface area (Å²) < 4.78 is 25.7. The number of carboxylic acid groups (broad SMARTS) is 1. The number of carbonyl (C=O) groups is 1. The van der Waals surface area contributed by atoms with Crippen molar-refractivity contribution in [2.45, 2.75) is 28.6 Å². The number of ether oxygens (including phenoxy) is 2. The highest BCUT2D eigenvalue weighted by atomic mass is 79.9. The standard InChI is InChI=1S/C27H24BrFN4O4S2/c1-36-18-3-2-4-19(12-18)39-20-13-24(37-23-6-5-17(29)11-21(23)28)25(30-14-20)32-26-31-22(15-38-26)16-7-9-33(10-8-16)27(34)35/h2-6,11-16H,7-10H2,1H3,(H,34,35)(H,30,31,32). The molecule has 4 aromatic rings. The van der Waals surface area contributed by atoms with E-state index in [0.29, 0.717) is 40.0 Å². The van der Waals surface area contributed by atoms with Gasteiger partial charge in [-0.2, -0.15) is 0 Å². The van der Waals surface area contributed by atoms with Crippen LogP contribution in [0.4, 0.5) is 20.1 Å². The van der Waals surface area contributed by atoms with Crippen molar-refractivity contribution in [3.8, 4) is 17.2 Å². The predicted molar refractivity (Wildman–Crippen MR) is 152 cm³/mol. The molecule has 0 saturated carbocycles. The Labute approximate surface area is 241 Å². The fourth-order valence-electron chi connectivity index (χ4n) is 4.13. The molecule has 0 bridgehead atoms. The van der Waals surface area contributed by atoms with Crippen molar-refractivity contribution in [3.05, 3.63) is 76.1 Å². The minimum Gasteiger partial charge on any atom is -0.497 e. The Hall–Kier alpha value is -3.35. The Morgan fingerprint density at radius 1 is 1.18 bits per heavy atom. The van der Waals surface area contributed by atoms with Crippen LogP contribution < -0.4 is 14.8 Å². The summed E-state index contributed by atoms with van der Waals surface area (Å²) in [7, 11) is 1.63. The molecular weight excluding hydrogens is 607 g/mol. The molecule has 1 aliphatic heterocycles. The first-order chi connectivity index (χ1) is 18.9. The molecule has 202 valence electrons. The third-order valence-corrected chi connectivity index (χ3v) is 8.49. The van der Waals surface area contributed by atoms with Crippen LogP contribution in [0.3, 0.4) is 0 Å². The molecule has 39 heavy (non-hydrogen) atoms. The first-order valence-corrected chi connectivity index (χ1v) is 14.5. The van der Waals surface area contributed by atoms with E-state index in [1.807, 2.05) is 35.7 Å². The first-order valence-electron chi connectivity index (χ1n) is 12.0. The number of pyridine rings is 1. The summed E-state index contributed by atoms with van der Waals surface area (Å²) in [5, 5.41) is 15.1. The Morgan fingerprint density at radius 3 is 2.74 bits per heavy atom. The van der Waals surface area contributed by atoms with Crippen LogP contribution in [0.5, 0.6) is 17.2 Å². The number of hydrogen-bond donors (Lipinski definition) is 2. The van der Waals surface area contributed by atoms with E-state index >= 15 is 0 Å². The zero-order chi connectivity index (χ0) is 27.4.